The molecule has 1 aliphatic heterocycles. The fourth-order valence-electron chi connectivity index (χ4n) is 2.48. The molecule has 0 radical (unpaired) electrons. The normalized spacial score (nSPS) is 20.7. The molecule has 2 aromatic rings. The number of piperazine rings is 1. The molecule has 1 fully saturated rings. The van der Waals surface area contributed by atoms with Crippen LogP contribution in [-0.4, -0.2) is 40.3 Å². The number of hydrogen-bond donors (Lipinski definition) is 0. The lowest BCUT2D eigenvalue weighted by atomic mass is 10.0. The smallest absolute Gasteiger partial charge is 0.187 e. The highest BCUT2D eigenvalue weighted by atomic mass is 35.5. The van der Waals surface area contributed by atoms with Crippen LogP contribution in [0.15, 0.2) is 30.3 Å². The molecule has 1 aliphatic rings. The predicted octanol–water partition coefficient (Wildman–Crippen LogP) is 2.68. The van der Waals surface area contributed by atoms with Gasteiger partial charge in [-0.1, -0.05) is 41.9 Å². The van der Waals surface area contributed by atoms with E-state index in [-0.39, 0.29) is 6.04 Å². The summed E-state index contributed by atoms with van der Waals surface area (Å²) in [6, 6.07) is 10.8. The SMILES string of the molecule is CN1CCN(c2nsnc2Cl)C(c2ccccc2)C1. The number of hydrogen-bond acceptors (Lipinski definition) is 5. The molecule has 0 bridgehead atoms. The van der Waals surface area contributed by atoms with Crippen LogP contribution in [0.5, 0.6) is 0 Å². The van der Waals surface area contributed by atoms with Crippen LogP contribution in [0.1, 0.15) is 11.6 Å². The maximum atomic E-state index is 6.14. The summed E-state index contributed by atoms with van der Waals surface area (Å²) in [6.07, 6.45) is 0. The Balaban J connectivity index is 1.95. The van der Waals surface area contributed by atoms with Crippen LogP contribution in [0, 0.1) is 0 Å². The molecule has 0 saturated carbocycles. The largest absolute Gasteiger partial charge is 0.344 e. The second-order valence-electron chi connectivity index (χ2n) is 4.76. The highest BCUT2D eigenvalue weighted by molar-refractivity contribution is 6.99. The van der Waals surface area contributed by atoms with E-state index in [0.29, 0.717) is 5.15 Å². The van der Waals surface area contributed by atoms with Gasteiger partial charge < -0.3 is 9.80 Å². The zero-order chi connectivity index (χ0) is 13.2. The van der Waals surface area contributed by atoms with Gasteiger partial charge in [-0.15, -0.1) is 0 Å². The minimum atomic E-state index is 0.279. The van der Waals surface area contributed by atoms with Gasteiger partial charge in [-0.05, 0) is 12.6 Å². The van der Waals surface area contributed by atoms with Crippen LogP contribution in [0.2, 0.25) is 5.15 Å². The van der Waals surface area contributed by atoms with Crippen molar-refractivity contribution in [3.8, 4) is 0 Å². The Bertz CT molecular complexity index is 545. The molecule has 3 rings (SSSR count). The Morgan fingerprint density at radius 3 is 2.68 bits per heavy atom. The van der Waals surface area contributed by atoms with E-state index in [0.717, 1.165) is 25.5 Å². The van der Waals surface area contributed by atoms with Gasteiger partial charge in [0, 0.05) is 19.6 Å². The first-order valence-electron chi connectivity index (χ1n) is 6.24. The predicted molar refractivity (Wildman–Crippen MR) is 78.9 cm³/mol. The molecule has 1 aromatic carbocycles. The molecule has 1 saturated heterocycles. The van der Waals surface area contributed by atoms with E-state index in [9.17, 15) is 0 Å². The summed E-state index contributed by atoms with van der Waals surface area (Å²) in [5, 5.41) is 0.510. The number of anilines is 1. The number of halogens is 1. The Morgan fingerprint density at radius 2 is 2.00 bits per heavy atom. The second-order valence-corrected chi connectivity index (χ2v) is 5.65. The van der Waals surface area contributed by atoms with E-state index in [1.54, 1.807) is 0 Å². The van der Waals surface area contributed by atoms with Crippen molar-refractivity contribution in [2.75, 3.05) is 31.6 Å². The van der Waals surface area contributed by atoms with Gasteiger partial charge in [0.05, 0.1) is 17.8 Å². The zero-order valence-corrected chi connectivity index (χ0v) is 12.2. The summed E-state index contributed by atoms with van der Waals surface area (Å²) in [6.45, 7) is 2.90. The Kier molecular flexibility index (Phi) is 3.68. The number of rotatable bonds is 2. The fourth-order valence-corrected chi connectivity index (χ4v) is 3.23. The molecular formula is C13H15ClN4S. The van der Waals surface area contributed by atoms with Crippen molar-refractivity contribution >= 4 is 29.1 Å². The molecule has 6 heteroatoms. The first-order valence-corrected chi connectivity index (χ1v) is 7.34. The summed E-state index contributed by atoms with van der Waals surface area (Å²) in [4.78, 5) is 4.60. The highest BCUT2D eigenvalue weighted by Crippen LogP contribution is 2.33. The Labute approximate surface area is 121 Å². The molecule has 0 aliphatic carbocycles. The van der Waals surface area contributed by atoms with Gasteiger partial charge in [-0.2, -0.15) is 8.75 Å². The number of aromatic nitrogens is 2. The summed E-state index contributed by atoms with van der Waals surface area (Å²) >= 11 is 7.31. The van der Waals surface area contributed by atoms with E-state index in [1.807, 2.05) is 6.07 Å². The minimum Gasteiger partial charge on any atom is -0.344 e. The maximum Gasteiger partial charge on any atom is 0.187 e. The Morgan fingerprint density at radius 1 is 1.21 bits per heavy atom. The van der Waals surface area contributed by atoms with Crippen LogP contribution in [-0.2, 0) is 0 Å². The van der Waals surface area contributed by atoms with Gasteiger partial charge in [0.2, 0.25) is 0 Å². The van der Waals surface area contributed by atoms with Crippen LogP contribution < -0.4 is 4.90 Å². The molecule has 1 atom stereocenters. The van der Waals surface area contributed by atoms with Gasteiger partial charge in [-0.3, -0.25) is 0 Å². The Hall–Kier alpha value is -1.17. The lowest BCUT2D eigenvalue weighted by Crippen LogP contribution is -2.47. The van der Waals surface area contributed by atoms with Gasteiger partial charge in [0.25, 0.3) is 0 Å². The summed E-state index contributed by atoms with van der Waals surface area (Å²) < 4.78 is 8.43. The average Bonchev–Trinajstić information content (AvgIpc) is 2.86. The molecule has 19 heavy (non-hydrogen) atoms. The van der Waals surface area contributed by atoms with E-state index in [1.165, 1.54) is 17.3 Å². The number of nitrogens with zero attached hydrogens (tertiary/aromatic N) is 4. The average molecular weight is 295 g/mol. The third-order valence-electron chi connectivity index (χ3n) is 3.47. The van der Waals surface area contributed by atoms with Crippen LogP contribution in [0.3, 0.4) is 0 Å². The van der Waals surface area contributed by atoms with E-state index >= 15 is 0 Å². The van der Waals surface area contributed by atoms with Crippen molar-refractivity contribution in [1.82, 2.24) is 13.6 Å². The van der Waals surface area contributed by atoms with E-state index in [2.05, 4.69) is 49.9 Å². The third-order valence-corrected chi connectivity index (χ3v) is 4.35. The van der Waals surface area contributed by atoms with Gasteiger partial charge in [-0.25, -0.2) is 0 Å². The first kappa shape index (κ1) is 12.8. The molecule has 0 amide bonds. The maximum absolute atomic E-state index is 6.14. The number of benzene rings is 1. The molecule has 2 heterocycles. The van der Waals surface area contributed by atoms with Crippen molar-refractivity contribution in [3.63, 3.8) is 0 Å². The zero-order valence-electron chi connectivity index (χ0n) is 10.7. The van der Waals surface area contributed by atoms with Gasteiger partial charge in [0.1, 0.15) is 0 Å². The molecule has 100 valence electrons. The van der Waals surface area contributed by atoms with E-state index < -0.39 is 0 Å². The van der Waals surface area contributed by atoms with Crippen LogP contribution >= 0.6 is 23.3 Å². The third kappa shape index (κ3) is 2.59. The van der Waals surface area contributed by atoms with Crippen molar-refractivity contribution in [1.29, 1.82) is 0 Å². The first-order chi connectivity index (χ1) is 9.25. The van der Waals surface area contributed by atoms with Gasteiger partial charge >= 0.3 is 0 Å². The molecule has 0 N–H and O–H groups in total. The van der Waals surface area contributed by atoms with Gasteiger partial charge in [0.15, 0.2) is 11.0 Å². The highest BCUT2D eigenvalue weighted by Gasteiger charge is 2.29. The summed E-state index contributed by atoms with van der Waals surface area (Å²) in [5.41, 5.74) is 1.29. The lowest BCUT2D eigenvalue weighted by Gasteiger charge is -2.40. The second kappa shape index (κ2) is 5.45. The van der Waals surface area contributed by atoms with Crippen LogP contribution in [0.25, 0.3) is 0 Å². The lowest BCUT2D eigenvalue weighted by molar-refractivity contribution is 0.268. The molecule has 0 spiro atoms. The fraction of sp³-hybridized carbons (Fsp3) is 0.385. The molecule has 1 aromatic heterocycles. The monoisotopic (exact) mass is 294 g/mol. The van der Waals surface area contributed by atoms with Crippen LogP contribution in [0.4, 0.5) is 5.82 Å². The van der Waals surface area contributed by atoms with E-state index in [4.69, 9.17) is 11.6 Å². The molecule has 4 nitrogen and oxygen atoms in total. The standard InChI is InChI=1S/C13H15ClN4S/c1-17-7-8-18(13-12(14)15-19-16-13)11(9-17)10-5-3-2-4-6-10/h2-6,11H,7-9H2,1H3. The summed E-state index contributed by atoms with van der Waals surface area (Å²) in [5.74, 6) is 0.814. The topological polar surface area (TPSA) is 32.3 Å². The molecular weight excluding hydrogens is 280 g/mol. The molecule has 1 unspecified atom stereocenters. The number of likely N-dealkylation sites (N-methyl/N-ethyl adjacent to an activating group) is 1. The van der Waals surface area contributed by atoms with Crippen molar-refractivity contribution < 1.29 is 0 Å². The summed E-state index contributed by atoms with van der Waals surface area (Å²) in [7, 11) is 2.15. The minimum absolute atomic E-state index is 0.279. The van der Waals surface area contributed by atoms with Crippen molar-refractivity contribution in [2.45, 2.75) is 6.04 Å². The quantitative estimate of drug-likeness (QED) is 0.852. The van der Waals surface area contributed by atoms with Crippen molar-refractivity contribution in [3.05, 3.63) is 41.0 Å². The van der Waals surface area contributed by atoms with Crippen molar-refractivity contribution in [2.24, 2.45) is 0 Å².